The van der Waals surface area contributed by atoms with Crippen LogP contribution in [0.25, 0.3) is 11.0 Å². The van der Waals surface area contributed by atoms with Gasteiger partial charge in [0.15, 0.2) is 5.78 Å². The van der Waals surface area contributed by atoms with Gasteiger partial charge in [-0.1, -0.05) is 6.92 Å². The highest BCUT2D eigenvalue weighted by Crippen LogP contribution is 2.31. The van der Waals surface area contributed by atoms with Crippen LogP contribution in [0.3, 0.4) is 0 Å². The Kier molecular flexibility index (Phi) is 3.14. The van der Waals surface area contributed by atoms with Gasteiger partial charge in [0.05, 0.1) is 5.56 Å². The molecule has 0 aliphatic heterocycles. The second-order valence-electron chi connectivity index (χ2n) is 4.81. The minimum absolute atomic E-state index is 0.0996. The van der Waals surface area contributed by atoms with Crippen LogP contribution in [0.15, 0.2) is 46.9 Å². The fourth-order valence-corrected chi connectivity index (χ4v) is 2.39. The van der Waals surface area contributed by atoms with Gasteiger partial charge in [-0.2, -0.15) is 0 Å². The number of hydrogen-bond donors (Lipinski definition) is 2. The number of aromatic hydroxyl groups is 2. The number of furan rings is 1. The maximum absolute atomic E-state index is 12.7. The van der Waals surface area contributed by atoms with Gasteiger partial charge in [-0.3, -0.25) is 4.79 Å². The van der Waals surface area contributed by atoms with Crippen LogP contribution >= 0.6 is 0 Å². The predicted molar refractivity (Wildman–Crippen MR) is 78.8 cm³/mol. The highest BCUT2D eigenvalue weighted by atomic mass is 16.3. The van der Waals surface area contributed by atoms with E-state index in [0.717, 1.165) is 0 Å². The van der Waals surface area contributed by atoms with Crippen LogP contribution in [0.1, 0.15) is 28.6 Å². The molecule has 0 fully saturated rings. The largest absolute Gasteiger partial charge is 0.508 e. The zero-order valence-corrected chi connectivity index (χ0v) is 11.5. The van der Waals surface area contributed by atoms with Gasteiger partial charge in [0.25, 0.3) is 0 Å². The number of phenolic OH excluding ortho intramolecular Hbond substituents is 2. The van der Waals surface area contributed by atoms with Gasteiger partial charge in [-0.25, -0.2) is 0 Å². The number of carbonyl (C=O) groups is 1. The van der Waals surface area contributed by atoms with Crippen molar-refractivity contribution in [1.82, 2.24) is 0 Å². The molecule has 2 aromatic carbocycles. The van der Waals surface area contributed by atoms with Gasteiger partial charge in [0, 0.05) is 23.4 Å². The quantitative estimate of drug-likeness (QED) is 0.719. The number of aryl methyl sites for hydroxylation is 1. The van der Waals surface area contributed by atoms with E-state index in [9.17, 15) is 15.0 Å². The van der Waals surface area contributed by atoms with E-state index in [2.05, 4.69) is 0 Å². The SMILES string of the molecule is CCc1oc2cc(O)ccc2c1C(=O)c1ccc(O)cc1. The summed E-state index contributed by atoms with van der Waals surface area (Å²) in [6.07, 6.45) is 0.578. The molecule has 1 heterocycles. The van der Waals surface area contributed by atoms with Gasteiger partial charge < -0.3 is 14.6 Å². The number of phenols is 2. The third-order valence-corrected chi connectivity index (χ3v) is 3.42. The van der Waals surface area contributed by atoms with Crippen molar-refractivity contribution in [3.8, 4) is 11.5 Å². The second-order valence-corrected chi connectivity index (χ2v) is 4.81. The second kappa shape index (κ2) is 4.98. The highest BCUT2D eigenvalue weighted by molar-refractivity contribution is 6.17. The van der Waals surface area contributed by atoms with E-state index in [1.54, 1.807) is 18.2 Å². The van der Waals surface area contributed by atoms with E-state index in [4.69, 9.17) is 4.42 Å². The summed E-state index contributed by atoms with van der Waals surface area (Å²) < 4.78 is 5.67. The fraction of sp³-hybridized carbons (Fsp3) is 0.118. The van der Waals surface area contributed by atoms with Crippen molar-refractivity contribution in [1.29, 1.82) is 0 Å². The molecule has 4 nitrogen and oxygen atoms in total. The summed E-state index contributed by atoms with van der Waals surface area (Å²) in [6, 6.07) is 10.8. The molecule has 0 unspecified atom stereocenters. The van der Waals surface area contributed by atoms with Crippen molar-refractivity contribution < 1.29 is 19.4 Å². The molecule has 0 spiro atoms. The number of carbonyl (C=O) groups excluding carboxylic acids is 1. The summed E-state index contributed by atoms with van der Waals surface area (Å²) in [5.41, 5.74) is 1.49. The van der Waals surface area contributed by atoms with Crippen LogP contribution in [0, 0.1) is 0 Å². The van der Waals surface area contributed by atoms with Crippen LogP contribution in [-0.2, 0) is 6.42 Å². The molecule has 1 aromatic heterocycles. The molecule has 3 rings (SSSR count). The Hall–Kier alpha value is -2.75. The molecule has 0 bridgehead atoms. The molecular formula is C17H14O4. The van der Waals surface area contributed by atoms with E-state index in [0.29, 0.717) is 34.3 Å². The molecule has 0 saturated carbocycles. The third-order valence-electron chi connectivity index (χ3n) is 3.42. The minimum Gasteiger partial charge on any atom is -0.508 e. The first-order valence-electron chi connectivity index (χ1n) is 6.68. The van der Waals surface area contributed by atoms with Crippen molar-refractivity contribution in [2.24, 2.45) is 0 Å². The molecule has 3 aromatic rings. The van der Waals surface area contributed by atoms with Crippen LogP contribution in [0.5, 0.6) is 11.5 Å². The summed E-state index contributed by atoms with van der Waals surface area (Å²) in [5, 5.41) is 19.5. The van der Waals surface area contributed by atoms with E-state index in [-0.39, 0.29) is 17.3 Å². The Balaban J connectivity index is 2.18. The monoisotopic (exact) mass is 282 g/mol. The van der Waals surface area contributed by atoms with Crippen LogP contribution in [0.2, 0.25) is 0 Å². The first-order valence-corrected chi connectivity index (χ1v) is 6.68. The van der Waals surface area contributed by atoms with E-state index < -0.39 is 0 Å². The van der Waals surface area contributed by atoms with Crippen molar-refractivity contribution in [3.63, 3.8) is 0 Å². The molecule has 0 saturated heterocycles. The number of hydrogen-bond acceptors (Lipinski definition) is 4. The van der Waals surface area contributed by atoms with Crippen molar-refractivity contribution in [2.45, 2.75) is 13.3 Å². The van der Waals surface area contributed by atoms with E-state index >= 15 is 0 Å². The topological polar surface area (TPSA) is 70.7 Å². The maximum Gasteiger partial charge on any atom is 0.197 e. The van der Waals surface area contributed by atoms with Crippen molar-refractivity contribution in [3.05, 3.63) is 59.4 Å². The summed E-state index contributed by atoms with van der Waals surface area (Å²) in [5.74, 6) is 0.650. The lowest BCUT2D eigenvalue weighted by Gasteiger charge is -2.02. The standard InChI is InChI=1S/C17H14O4/c1-2-14-16(13-8-7-12(19)9-15(13)21-14)17(20)10-3-5-11(18)6-4-10/h3-9,18-19H,2H2,1H3. The normalized spacial score (nSPS) is 10.9. The zero-order chi connectivity index (χ0) is 15.0. The predicted octanol–water partition coefficient (Wildman–Crippen LogP) is 3.64. The zero-order valence-electron chi connectivity index (χ0n) is 11.5. The summed E-state index contributed by atoms with van der Waals surface area (Å²) in [6.45, 7) is 1.91. The Morgan fingerprint density at radius 3 is 2.38 bits per heavy atom. The number of rotatable bonds is 3. The molecule has 21 heavy (non-hydrogen) atoms. The van der Waals surface area contributed by atoms with Crippen LogP contribution < -0.4 is 0 Å². The van der Waals surface area contributed by atoms with Gasteiger partial charge in [0.2, 0.25) is 0 Å². The smallest absolute Gasteiger partial charge is 0.197 e. The molecule has 4 heteroatoms. The molecule has 0 aliphatic rings. The lowest BCUT2D eigenvalue weighted by atomic mass is 9.99. The molecule has 2 N–H and O–H groups in total. The van der Waals surface area contributed by atoms with Crippen LogP contribution in [0.4, 0.5) is 0 Å². The summed E-state index contributed by atoms with van der Waals surface area (Å²) in [4.78, 5) is 12.7. The number of fused-ring (bicyclic) bond motifs is 1. The molecular weight excluding hydrogens is 268 g/mol. The van der Waals surface area contributed by atoms with Gasteiger partial charge in [-0.05, 0) is 36.4 Å². The minimum atomic E-state index is -0.156. The average Bonchev–Trinajstić information content (AvgIpc) is 2.84. The van der Waals surface area contributed by atoms with Gasteiger partial charge in [0.1, 0.15) is 22.8 Å². The first-order chi connectivity index (χ1) is 10.1. The third kappa shape index (κ3) is 2.25. The maximum atomic E-state index is 12.7. The van der Waals surface area contributed by atoms with Gasteiger partial charge >= 0.3 is 0 Å². The molecule has 0 atom stereocenters. The number of ketones is 1. The van der Waals surface area contributed by atoms with Gasteiger partial charge in [-0.15, -0.1) is 0 Å². The van der Waals surface area contributed by atoms with E-state index in [1.165, 1.54) is 24.3 Å². The Bertz CT molecular complexity index is 813. The Morgan fingerprint density at radius 2 is 1.71 bits per heavy atom. The van der Waals surface area contributed by atoms with Crippen LogP contribution in [-0.4, -0.2) is 16.0 Å². The summed E-state index contributed by atoms with van der Waals surface area (Å²) >= 11 is 0. The molecule has 0 amide bonds. The van der Waals surface area contributed by atoms with Crippen molar-refractivity contribution >= 4 is 16.8 Å². The average molecular weight is 282 g/mol. The number of benzene rings is 2. The lowest BCUT2D eigenvalue weighted by molar-refractivity contribution is 0.103. The Labute approximate surface area is 121 Å². The molecule has 0 radical (unpaired) electrons. The highest BCUT2D eigenvalue weighted by Gasteiger charge is 2.21. The van der Waals surface area contributed by atoms with E-state index in [1.807, 2.05) is 6.92 Å². The summed E-state index contributed by atoms with van der Waals surface area (Å²) in [7, 11) is 0. The lowest BCUT2D eigenvalue weighted by Crippen LogP contribution is -2.03. The fourth-order valence-electron chi connectivity index (χ4n) is 2.39. The Morgan fingerprint density at radius 1 is 1.05 bits per heavy atom. The van der Waals surface area contributed by atoms with Crippen molar-refractivity contribution in [2.75, 3.05) is 0 Å². The molecule has 106 valence electrons. The first kappa shape index (κ1) is 13.2. The molecule has 0 aliphatic carbocycles.